The van der Waals surface area contributed by atoms with Crippen LogP contribution in [0.2, 0.25) is 0 Å². The number of amides is 1. The first-order chi connectivity index (χ1) is 16.4. The number of aromatic amines is 1. The molecule has 34 heavy (non-hydrogen) atoms. The Morgan fingerprint density at radius 1 is 1.15 bits per heavy atom. The number of rotatable bonds is 4. The summed E-state index contributed by atoms with van der Waals surface area (Å²) < 4.78 is 16.9. The zero-order valence-corrected chi connectivity index (χ0v) is 19.4. The predicted molar refractivity (Wildman–Crippen MR) is 128 cm³/mol. The van der Waals surface area contributed by atoms with Gasteiger partial charge in [0.15, 0.2) is 5.82 Å². The van der Waals surface area contributed by atoms with Gasteiger partial charge >= 0.3 is 0 Å². The van der Waals surface area contributed by atoms with Crippen molar-refractivity contribution < 1.29 is 9.18 Å². The number of nitrogens with one attached hydrogen (secondary N) is 2. The van der Waals surface area contributed by atoms with Gasteiger partial charge < -0.3 is 15.2 Å². The van der Waals surface area contributed by atoms with E-state index >= 15 is 4.39 Å². The minimum Gasteiger partial charge on any atom is -0.368 e. The minimum atomic E-state index is -0.420. The first kappa shape index (κ1) is 22.0. The SMILES string of the molecule is CNC(=O)c1ccc(N2CCN(Cc3ccc4c([nH]c(=O)c5c(C)cnn54)c3F)CC2)c(C)n1. The maximum absolute atomic E-state index is 15.4. The number of fused-ring (bicyclic) bond motifs is 3. The van der Waals surface area contributed by atoms with Crippen LogP contribution in [0, 0.1) is 19.7 Å². The van der Waals surface area contributed by atoms with Gasteiger partial charge in [-0.15, -0.1) is 0 Å². The molecule has 4 aromatic rings. The number of carbonyl (C=O) groups excluding carboxylic acids is 1. The number of halogens is 1. The quantitative estimate of drug-likeness (QED) is 0.481. The summed E-state index contributed by atoms with van der Waals surface area (Å²) in [6.07, 6.45) is 1.61. The van der Waals surface area contributed by atoms with Crippen LogP contribution in [0.3, 0.4) is 0 Å². The number of hydrogen-bond donors (Lipinski definition) is 2. The zero-order valence-electron chi connectivity index (χ0n) is 19.4. The molecule has 0 atom stereocenters. The highest BCUT2D eigenvalue weighted by molar-refractivity contribution is 5.92. The number of piperazine rings is 1. The van der Waals surface area contributed by atoms with Crippen molar-refractivity contribution in [2.75, 3.05) is 38.1 Å². The average Bonchev–Trinajstić information content (AvgIpc) is 3.23. The van der Waals surface area contributed by atoms with Gasteiger partial charge in [0, 0.05) is 50.9 Å². The molecule has 0 aliphatic carbocycles. The number of pyridine rings is 1. The van der Waals surface area contributed by atoms with E-state index in [1.807, 2.05) is 26.0 Å². The maximum atomic E-state index is 15.4. The summed E-state index contributed by atoms with van der Waals surface area (Å²) in [5.41, 5.74) is 4.29. The summed E-state index contributed by atoms with van der Waals surface area (Å²) in [5, 5.41) is 6.83. The largest absolute Gasteiger partial charge is 0.368 e. The van der Waals surface area contributed by atoms with Crippen molar-refractivity contribution in [2.24, 2.45) is 0 Å². The fourth-order valence-electron chi connectivity index (χ4n) is 4.62. The molecule has 0 bridgehead atoms. The second kappa shape index (κ2) is 8.53. The van der Waals surface area contributed by atoms with Gasteiger partial charge in [0.2, 0.25) is 0 Å². The monoisotopic (exact) mass is 463 g/mol. The molecule has 0 radical (unpaired) electrons. The molecule has 1 aromatic carbocycles. The Hall–Kier alpha value is -3.79. The Morgan fingerprint density at radius 3 is 2.62 bits per heavy atom. The lowest BCUT2D eigenvalue weighted by atomic mass is 10.1. The number of carbonyl (C=O) groups is 1. The van der Waals surface area contributed by atoms with Crippen LogP contribution in [0.15, 0.2) is 35.3 Å². The van der Waals surface area contributed by atoms with Crippen LogP contribution in [-0.4, -0.2) is 63.6 Å². The van der Waals surface area contributed by atoms with Crippen molar-refractivity contribution in [1.29, 1.82) is 0 Å². The normalized spacial score (nSPS) is 14.8. The third-order valence-corrected chi connectivity index (χ3v) is 6.46. The number of nitrogens with zero attached hydrogens (tertiary/aromatic N) is 5. The van der Waals surface area contributed by atoms with Crippen molar-refractivity contribution in [2.45, 2.75) is 20.4 Å². The van der Waals surface area contributed by atoms with Crippen LogP contribution in [0.25, 0.3) is 16.6 Å². The van der Waals surface area contributed by atoms with Gasteiger partial charge in [0.1, 0.15) is 16.7 Å². The first-order valence-corrected chi connectivity index (χ1v) is 11.2. The Morgan fingerprint density at radius 2 is 1.91 bits per heavy atom. The number of H-pyrrole nitrogens is 1. The van der Waals surface area contributed by atoms with Crippen molar-refractivity contribution in [3.05, 3.63) is 69.1 Å². The van der Waals surface area contributed by atoms with Crippen LogP contribution >= 0.6 is 0 Å². The predicted octanol–water partition coefficient (Wildman–Crippen LogP) is 2.01. The smallest absolute Gasteiger partial charge is 0.274 e. The molecule has 176 valence electrons. The van der Waals surface area contributed by atoms with Crippen LogP contribution in [-0.2, 0) is 6.54 Å². The summed E-state index contributed by atoms with van der Waals surface area (Å²) in [6, 6.07) is 7.24. The van der Waals surface area contributed by atoms with Crippen molar-refractivity contribution >= 4 is 28.1 Å². The number of aryl methyl sites for hydroxylation is 2. The topological polar surface area (TPSA) is 98.6 Å². The molecule has 0 spiro atoms. The van der Waals surface area contributed by atoms with Crippen LogP contribution in [0.1, 0.15) is 27.3 Å². The van der Waals surface area contributed by atoms with Gasteiger partial charge in [-0.2, -0.15) is 5.10 Å². The van der Waals surface area contributed by atoms with Gasteiger partial charge in [-0.3, -0.25) is 14.5 Å². The molecule has 1 saturated heterocycles. The fraction of sp³-hybridized carbons (Fsp3) is 0.333. The lowest BCUT2D eigenvalue weighted by Gasteiger charge is -2.36. The second-order valence-corrected chi connectivity index (χ2v) is 8.62. The summed E-state index contributed by atoms with van der Waals surface area (Å²) in [6.45, 7) is 7.19. The molecular formula is C24H26FN7O2. The molecule has 1 fully saturated rings. The summed E-state index contributed by atoms with van der Waals surface area (Å²) >= 11 is 0. The van der Waals surface area contributed by atoms with E-state index in [4.69, 9.17) is 0 Å². The molecule has 2 N–H and O–H groups in total. The van der Waals surface area contributed by atoms with Gasteiger partial charge in [-0.05, 0) is 32.0 Å². The van der Waals surface area contributed by atoms with E-state index in [0.717, 1.165) is 43.1 Å². The number of benzene rings is 1. The van der Waals surface area contributed by atoms with Crippen LogP contribution in [0.4, 0.5) is 10.1 Å². The van der Waals surface area contributed by atoms with E-state index in [1.165, 1.54) is 4.52 Å². The molecule has 5 rings (SSSR count). The Balaban J connectivity index is 1.32. The van der Waals surface area contributed by atoms with Gasteiger partial charge in [-0.1, -0.05) is 6.07 Å². The van der Waals surface area contributed by atoms with E-state index in [2.05, 4.69) is 30.2 Å². The molecule has 1 aliphatic heterocycles. The lowest BCUT2D eigenvalue weighted by molar-refractivity contribution is 0.0958. The highest BCUT2D eigenvalue weighted by atomic mass is 19.1. The second-order valence-electron chi connectivity index (χ2n) is 8.62. The molecule has 0 saturated carbocycles. The number of hydrogen-bond acceptors (Lipinski definition) is 6. The molecule has 0 unspecified atom stereocenters. The number of anilines is 1. The van der Waals surface area contributed by atoms with Gasteiger partial charge in [-0.25, -0.2) is 13.9 Å². The third kappa shape index (κ3) is 3.69. The van der Waals surface area contributed by atoms with E-state index in [-0.39, 0.29) is 17.0 Å². The molecule has 1 aliphatic rings. The Bertz CT molecular complexity index is 1470. The molecule has 4 heterocycles. The standard InChI is InChI=1S/C24H26FN7O2/c1-14-12-27-32-19-6-4-16(20(25)21(19)29-24(34)22(14)32)13-30-8-10-31(11-9-30)18-7-5-17(23(33)26-3)28-15(18)2/h4-7,12H,8-11,13H2,1-3H3,(H,26,33)(H,29,34). The lowest BCUT2D eigenvalue weighted by Crippen LogP contribution is -2.46. The van der Waals surface area contributed by atoms with E-state index in [9.17, 15) is 9.59 Å². The third-order valence-electron chi connectivity index (χ3n) is 6.46. The summed E-state index contributed by atoms with van der Waals surface area (Å²) in [4.78, 5) is 35.8. The first-order valence-electron chi connectivity index (χ1n) is 11.2. The van der Waals surface area contributed by atoms with E-state index in [0.29, 0.717) is 28.8 Å². The molecule has 10 heteroatoms. The summed E-state index contributed by atoms with van der Waals surface area (Å²) in [7, 11) is 1.58. The van der Waals surface area contributed by atoms with E-state index < -0.39 is 5.82 Å². The van der Waals surface area contributed by atoms with Gasteiger partial charge in [0.25, 0.3) is 11.5 Å². The van der Waals surface area contributed by atoms with Crippen LogP contribution in [0.5, 0.6) is 0 Å². The Kier molecular flexibility index (Phi) is 5.52. The maximum Gasteiger partial charge on any atom is 0.274 e. The van der Waals surface area contributed by atoms with Crippen molar-refractivity contribution in [3.8, 4) is 0 Å². The van der Waals surface area contributed by atoms with Gasteiger partial charge in [0.05, 0.1) is 23.1 Å². The number of aromatic nitrogens is 4. The van der Waals surface area contributed by atoms with E-state index in [1.54, 1.807) is 25.4 Å². The highest BCUT2D eigenvalue weighted by Gasteiger charge is 2.22. The average molecular weight is 464 g/mol. The fourth-order valence-corrected chi connectivity index (χ4v) is 4.62. The van der Waals surface area contributed by atoms with Crippen LogP contribution < -0.4 is 15.8 Å². The molecule has 9 nitrogen and oxygen atoms in total. The summed E-state index contributed by atoms with van der Waals surface area (Å²) in [5.74, 6) is -0.626. The van der Waals surface area contributed by atoms with Crippen molar-refractivity contribution in [3.63, 3.8) is 0 Å². The molecule has 3 aromatic heterocycles. The Labute approximate surface area is 195 Å². The highest BCUT2D eigenvalue weighted by Crippen LogP contribution is 2.24. The zero-order chi connectivity index (χ0) is 24.0. The molecule has 1 amide bonds. The van der Waals surface area contributed by atoms with Crippen molar-refractivity contribution in [1.82, 2.24) is 29.8 Å². The molecular weight excluding hydrogens is 437 g/mol. The minimum absolute atomic E-state index is 0.176.